The highest BCUT2D eigenvalue weighted by Crippen LogP contribution is 2.21. The number of benzene rings is 1. The van der Waals surface area contributed by atoms with Gasteiger partial charge in [0.25, 0.3) is 0 Å². The van der Waals surface area contributed by atoms with E-state index in [0.29, 0.717) is 11.3 Å². The first-order chi connectivity index (χ1) is 10.6. The molecule has 0 aliphatic heterocycles. The van der Waals surface area contributed by atoms with Gasteiger partial charge in [-0.25, -0.2) is 0 Å². The lowest BCUT2D eigenvalue weighted by Gasteiger charge is -2.15. The first-order valence-electron chi connectivity index (χ1n) is 6.56. The quantitative estimate of drug-likeness (QED) is 0.823. The van der Waals surface area contributed by atoms with Gasteiger partial charge in [0.1, 0.15) is 17.6 Å². The number of nitrogens with one attached hydrogen (secondary N) is 1. The van der Waals surface area contributed by atoms with E-state index in [-0.39, 0.29) is 18.8 Å². The number of hydrogen-bond donors (Lipinski definition) is 2. The Morgan fingerprint density at radius 1 is 1.27 bits per heavy atom. The van der Waals surface area contributed by atoms with E-state index in [4.69, 9.17) is 4.42 Å². The molecule has 2 aromatic rings. The first kappa shape index (κ1) is 16.0. The molecule has 0 spiro atoms. The van der Waals surface area contributed by atoms with Crippen LogP contribution in [-0.4, -0.2) is 24.2 Å². The number of alkyl halides is 2. The van der Waals surface area contributed by atoms with Crippen molar-refractivity contribution in [3.8, 4) is 5.75 Å². The lowest BCUT2D eigenvalue weighted by atomic mass is 10.1. The van der Waals surface area contributed by atoms with Crippen LogP contribution in [-0.2, 0) is 11.2 Å². The third kappa shape index (κ3) is 4.29. The van der Waals surface area contributed by atoms with Gasteiger partial charge in [-0.05, 0) is 18.2 Å². The smallest absolute Gasteiger partial charge is 0.387 e. The van der Waals surface area contributed by atoms with Crippen molar-refractivity contribution in [1.29, 1.82) is 0 Å². The number of hydrogen-bond acceptors (Lipinski definition) is 4. The van der Waals surface area contributed by atoms with Gasteiger partial charge >= 0.3 is 6.61 Å². The predicted octanol–water partition coefficient (Wildman–Crippen LogP) is 2.27. The SMILES string of the molecule is O=C(Cc1ccccc1OC(F)F)NC(CO)c1ccco1. The molecule has 0 bridgehead atoms. The standard InChI is InChI=1S/C15H15F2NO4/c16-15(17)22-12-5-2-1-4-10(12)8-14(20)18-11(9-19)13-6-3-7-21-13/h1-7,11,15,19H,8-9H2,(H,18,20). The van der Waals surface area contributed by atoms with Crippen molar-refractivity contribution < 1.29 is 27.8 Å². The van der Waals surface area contributed by atoms with Crippen LogP contribution in [0.25, 0.3) is 0 Å². The molecule has 7 heteroatoms. The highest BCUT2D eigenvalue weighted by Gasteiger charge is 2.18. The van der Waals surface area contributed by atoms with Crippen LogP contribution in [0.15, 0.2) is 47.1 Å². The fourth-order valence-corrected chi connectivity index (χ4v) is 1.98. The Morgan fingerprint density at radius 3 is 2.68 bits per heavy atom. The Balaban J connectivity index is 2.03. The second kappa shape index (κ2) is 7.56. The van der Waals surface area contributed by atoms with Crippen molar-refractivity contribution in [3.63, 3.8) is 0 Å². The zero-order valence-corrected chi connectivity index (χ0v) is 11.5. The lowest BCUT2D eigenvalue weighted by molar-refractivity contribution is -0.121. The molecule has 5 nitrogen and oxygen atoms in total. The van der Waals surface area contributed by atoms with E-state index >= 15 is 0 Å². The summed E-state index contributed by atoms with van der Waals surface area (Å²) in [6.07, 6.45) is 1.27. The maximum atomic E-state index is 12.3. The molecule has 2 rings (SSSR count). The van der Waals surface area contributed by atoms with Crippen LogP contribution < -0.4 is 10.1 Å². The normalized spacial score (nSPS) is 12.2. The number of carbonyl (C=O) groups is 1. The Labute approximate surface area is 125 Å². The predicted molar refractivity (Wildman–Crippen MR) is 73.5 cm³/mol. The van der Waals surface area contributed by atoms with Gasteiger partial charge in [-0.1, -0.05) is 18.2 Å². The Bertz CT molecular complexity index is 601. The van der Waals surface area contributed by atoms with Crippen LogP contribution in [0.5, 0.6) is 5.75 Å². The minimum Gasteiger partial charge on any atom is -0.467 e. The van der Waals surface area contributed by atoms with Crippen molar-refractivity contribution >= 4 is 5.91 Å². The number of amides is 1. The van der Waals surface area contributed by atoms with Gasteiger partial charge in [0.05, 0.1) is 19.3 Å². The van der Waals surface area contributed by atoms with E-state index in [1.807, 2.05) is 0 Å². The van der Waals surface area contributed by atoms with Crippen LogP contribution in [0.2, 0.25) is 0 Å². The van der Waals surface area contributed by atoms with Gasteiger partial charge < -0.3 is 19.6 Å². The van der Waals surface area contributed by atoms with E-state index in [1.54, 1.807) is 24.3 Å². The van der Waals surface area contributed by atoms with Crippen LogP contribution in [0, 0.1) is 0 Å². The fraction of sp³-hybridized carbons (Fsp3) is 0.267. The highest BCUT2D eigenvalue weighted by molar-refractivity contribution is 5.79. The van der Waals surface area contributed by atoms with Crippen molar-refractivity contribution in [2.45, 2.75) is 19.1 Å². The molecule has 0 saturated carbocycles. The molecule has 0 aliphatic carbocycles. The van der Waals surface area contributed by atoms with Crippen molar-refractivity contribution in [1.82, 2.24) is 5.32 Å². The van der Waals surface area contributed by atoms with Crippen molar-refractivity contribution in [3.05, 3.63) is 54.0 Å². The number of rotatable bonds is 7. The van der Waals surface area contributed by atoms with E-state index in [1.165, 1.54) is 18.4 Å². The summed E-state index contributed by atoms with van der Waals surface area (Å²) < 4.78 is 34.1. The summed E-state index contributed by atoms with van der Waals surface area (Å²) in [7, 11) is 0. The van der Waals surface area contributed by atoms with Gasteiger partial charge in [0, 0.05) is 5.56 Å². The average molecular weight is 311 g/mol. The van der Waals surface area contributed by atoms with E-state index < -0.39 is 18.6 Å². The van der Waals surface area contributed by atoms with E-state index in [0.717, 1.165) is 0 Å². The zero-order chi connectivity index (χ0) is 15.9. The highest BCUT2D eigenvalue weighted by atomic mass is 19.3. The third-order valence-electron chi connectivity index (χ3n) is 2.94. The molecule has 0 aliphatic rings. The van der Waals surface area contributed by atoms with E-state index in [9.17, 15) is 18.7 Å². The zero-order valence-electron chi connectivity index (χ0n) is 11.5. The van der Waals surface area contributed by atoms with Crippen molar-refractivity contribution in [2.24, 2.45) is 0 Å². The van der Waals surface area contributed by atoms with Crippen LogP contribution in [0.1, 0.15) is 17.4 Å². The number of carbonyl (C=O) groups excluding carboxylic acids is 1. The lowest BCUT2D eigenvalue weighted by Crippen LogP contribution is -2.31. The minimum atomic E-state index is -2.96. The molecule has 1 aromatic heterocycles. The number of halogens is 2. The molecule has 1 heterocycles. The second-order valence-electron chi connectivity index (χ2n) is 4.48. The fourth-order valence-electron chi connectivity index (χ4n) is 1.98. The molecule has 1 aromatic carbocycles. The molecule has 0 radical (unpaired) electrons. The van der Waals surface area contributed by atoms with Gasteiger partial charge in [-0.15, -0.1) is 0 Å². The molecule has 0 saturated heterocycles. The van der Waals surface area contributed by atoms with Crippen LogP contribution >= 0.6 is 0 Å². The Morgan fingerprint density at radius 2 is 2.05 bits per heavy atom. The topological polar surface area (TPSA) is 71.7 Å². The number of furan rings is 1. The van der Waals surface area contributed by atoms with Crippen LogP contribution in [0.4, 0.5) is 8.78 Å². The summed E-state index contributed by atoms with van der Waals surface area (Å²) in [6, 6.07) is 8.62. The van der Waals surface area contributed by atoms with Gasteiger partial charge in [-0.3, -0.25) is 4.79 Å². The molecule has 1 amide bonds. The molecule has 22 heavy (non-hydrogen) atoms. The summed E-state index contributed by atoms with van der Waals surface area (Å²) in [6.45, 7) is -3.30. The van der Waals surface area contributed by atoms with Gasteiger partial charge in [0.2, 0.25) is 5.91 Å². The monoisotopic (exact) mass is 311 g/mol. The molecule has 118 valence electrons. The Kier molecular flexibility index (Phi) is 5.48. The third-order valence-corrected chi connectivity index (χ3v) is 2.94. The summed E-state index contributed by atoms with van der Waals surface area (Å²) in [5.74, 6) is -0.0834. The molecule has 2 N–H and O–H groups in total. The molecule has 1 unspecified atom stereocenters. The molecular weight excluding hydrogens is 296 g/mol. The molecule has 1 atom stereocenters. The number of para-hydroxylation sites is 1. The maximum absolute atomic E-state index is 12.3. The molecule has 0 fully saturated rings. The second-order valence-corrected chi connectivity index (χ2v) is 4.48. The van der Waals surface area contributed by atoms with Crippen LogP contribution in [0.3, 0.4) is 0 Å². The summed E-state index contributed by atoms with van der Waals surface area (Å²) in [5, 5.41) is 11.9. The number of ether oxygens (including phenoxy) is 1. The summed E-state index contributed by atoms with van der Waals surface area (Å²) in [5.41, 5.74) is 0.330. The molecular formula is C15H15F2NO4. The van der Waals surface area contributed by atoms with Gasteiger partial charge in [0.15, 0.2) is 0 Å². The van der Waals surface area contributed by atoms with Crippen molar-refractivity contribution in [2.75, 3.05) is 6.61 Å². The summed E-state index contributed by atoms with van der Waals surface area (Å²) >= 11 is 0. The Hall–Kier alpha value is -2.41. The summed E-state index contributed by atoms with van der Waals surface area (Å²) in [4.78, 5) is 12.0. The maximum Gasteiger partial charge on any atom is 0.387 e. The minimum absolute atomic E-state index is 0.0498. The largest absolute Gasteiger partial charge is 0.467 e. The average Bonchev–Trinajstić information content (AvgIpc) is 3.00. The van der Waals surface area contributed by atoms with E-state index in [2.05, 4.69) is 10.1 Å². The van der Waals surface area contributed by atoms with Gasteiger partial charge in [-0.2, -0.15) is 8.78 Å². The number of aliphatic hydroxyl groups excluding tert-OH is 1. The number of aliphatic hydroxyl groups is 1. The first-order valence-corrected chi connectivity index (χ1v) is 6.56.